The van der Waals surface area contributed by atoms with Gasteiger partial charge in [-0.2, -0.15) is 13.2 Å². The van der Waals surface area contributed by atoms with Crippen molar-refractivity contribution in [2.45, 2.75) is 31.1 Å². The summed E-state index contributed by atoms with van der Waals surface area (Å²) in [5.41, 5.74) is 7.54. The van der Waals surface area contributed by atoms with E-state index in [4.69, 9.17) is 20.7 Å². The van der Waals surface area contributed by atoms with Crippen LogP contribution in [0.3, 0.4) is 0 Å². The van der Waals surface area contributed by atoms with E-state index >= 15 is 0 Å². The summed E-state index contributed by atoms with van der Waals surface area (Å²) in [5, 5.41) is 18.8. The molecule has 0 atom stereocenters. The number of halogens is 3. The van der Waals surface area contributed by atoms with E-state index < -0.39 is 23.7 Å². The van der Waals surface area contributed by atoms with Gasteiger partial charge in [0.2, 0.25) is 0 Å². The van der Waals surface area contributed by atoms with Gasteiger partial charge in [-0.25, -0.2) is 9.59 Å². The highest BCUT2D eigenvalue weighted by Gasteiger charge is 2.38. The zero-order valence-electron chi connectivity index (χ0n) is 18.1. The second kappa shape index (κ2) is 11.6. The summed E-state index contributed by atoms with van der Waals surface area (Å²) < 4.78 is 31.7. The van der Waals surface area contributed by atoms with E-state index in [0.717, 1.165) is 32.5 Å². The number of likely N-dealkylation sites (tertiary alicyclic amines) is 1. The number of piperidine rings is 1. The Morgan fingerprint density at radius 2 is 1.65 bits per heavy atom. The fourth-order valence-corrected chi connectivity index (χ4v) is 3.18. The van der Waals surface area contributed by atoms with E-state index in [0.29, 0.717) is 6.54 Å². The zero-order valence-corrected chi connectivity index (χ0v) is 18.1. The number of aromatic carboxylic acids is 1. The van der Waals surface area contributed by atoms with Crippen LogP contribution in [0.2, 0.25) is 0 Å². The Hall–Kier alpha value is -3.51. The number of aliphatic carboxylic acids is 1. The number of pyridine rings is 1. The maximum Gasteiger partial charge on any atom is 0.490 e. The van der Waals surface area contributed by atoms with Gasteiger partial charge in [0.05, 0.1) is 5.56 Å². The van der Waals surface area contributed by atoms with Gasteiger partial charge in [0, 0.05) is 37.9 Å². The first kappa shape index (κ1) is 26.7. The molecule has 5 N–H and O–H groups in total. The Bertz CT molecular complexity index is 976. The third kappa shape index (κ3) is 8.45. The van der Waals surface area contributed by atoms with Crippen LogP contribution in [0.5, 0.6) is 0 Å². The molecule has 1 saturated heterocycles. The van der Waals surface area contributed by atoms with Crippen LogP contribution in [-0.4, -0.2) is 69.3 Å². The summed E-state index contributed by atoms with van der Waals surface area (Å²) in [5.74, 6) is -4.17. The van der Waals surface area contributed by atoms with Gasteiger partial charge in [-0.05, 0) is 30.5 Å². The highest BCUT2D eigenvalue weighted by molar-refractivity contribution is 5.93. The Morgan fingerprint density at radius 3 is 2.12 bits per heavy atom. The third-order valence-corrected chi connectivity index (χ3v) is 5.19. The molecule has 1 aliphatic heterocycles. The Labute approximate surface area is 193 Å². The molecule has 0 spiro atoms. The van der Waals surface area contributed by atoms with E-state index in [1.807, 2.05) is 18.2 Å². The van der Waals surface area contributed by atoms with E-state index in [9.17, 15) is 22.8 Å². The van der Waals surface area contributed by atoms with Crippen molar-refractivity contribution in [3.8, 4) is 0 Å². The molecule has 2 heterocycles. The molecule has 9 nitrogen and oxygen atoms in total. The van der Waals surface area contributed by atoms with Gasteiger partial charge in [-0.1, -0.05) is 30.3 Å². The minimum absolute atomic E-state index is 0.0487. The third-order valence-electron chi connectivity index (χ3n) is 5.19. The van der Waals surface area contributed by atoms with Crippen LogP contribution < -0.4 is 11.1 Å². The van der Waals surface area contributed by atoms with E-state index in [-0.39, 0.29) is 17.2 Å². The standard InChI is InChI=1S/C20H24N4O3.C2HF3O2/c21-20(8-10-24(11-9-20)13-15-4-2-1-3-5-15)14-23-18(25)17-7-6-16(12-22-17)19(26)27;3-2(4,5)1(6)7/h1-7,12H,8-11,13-14,21H2,(H,23,25)(H,26,27);(H,6,7). The predicted octanol–water partition coefficient (Wildman–Crippen LogP) is 2.14. The molecule has 1 fully saturated rings. The number of carbonyl (C=O) groups excluding carboxylic acids is 1. The summed E-state index contributed by atoms with van der Waals surface area (Å²) in [7, 11) is 0. The maximum atomic E-state index is 12.2. The van der Waals surface area contributed by atoms with Crippen LogP contribution in [0.15, 0.2) is 48.7 Å². The molecular weight excluding hydrogens is 457 g/mol. The van der Waals surface area contributed by atoms with Crippen LogP contribution in [0.4, 0.5) is 13.2 Å². The quantitative estimate of drug-likeness (QED) is 0.490. The molecule has 1 aliphatic rings. The van der Waals surface area contributed by atoms with Gasteiger partial charge in [0.15, 0.2) is 0 Å². The van der Waals surface area contributed by atoms with Crippen LogP contribution >= 0.6 is 0 Å². The van der Waals surface area contributed by atoms with Crippen molar-refractivity contribution in [2.75, 3.05) is 19.6 Å². The second-order valence-corrected chi connectivity index (χ2v) is 7.85. The average molecular weight is 482 g/mol. The Morgan fingerprint density at radius 1 is 1.06 bits per heavy atom. The smallest absolute Gasteiger partial charge is 0.478 e. The highest BCUT2D eigenvalue weighted by atomic mass is 19.4. The lowest BCUT2D eigenvalue weighted by atomic mass is 9.88. The number of amides is 1. The largest absolute Gasteiger partial charge is 0.490 e. The summed E-state index contributed by atoms with van der Waals surface area (Å²) in [4.78, 5) is 38.2. The predicted molar refractivity (Wildman–Crippen MR) is 115 cm³/mol. The molecule has 34 heavy (non-hydrogen) atoms. The molecule has 0 saturated carbocycles. The fourth-order valence-electron chi connectivity index (χ4n) is 3.18. The number of nitrogens with zero attached hydrogens (tertiary/aromatic N) is 2. The van der Waals surface area contributed by atoms with Gasteiger partial charge < -0.3 is 21.3 Å². The lowest BCUT2D eigenvalue weighted by Gasteiger charge is -2.39. The van der Waals surface area contributed by atoms with Crippen LogP contribution in [-0.2, 0) is 11.3 Å². The van der Waals surface area contributed by atoms with Gasteiger partial charge in [0.1, 0.15) is 5.69 Å². The lowest BCUT2D eigenvalue weighted by molar-refractivity contribution is -0.192. The molecule has 0 unspecified atom stereocenters. The first-order valence-electron chi connectivity index (χ1n) is 10.2. The summed E-state index contributed by atoms with van der Waals surface area (Å²) >= 11 is 0. The van der Waals surface area contributed by atoms with E-state index in [1.54, 1.807) is 0 Å². The highest BCUT2D eigenvalue weighted by Crippen LogP contribution is 2.21. The SMILES string of the molecule is NC1(CNC(=O)c2ccc(C(=O)O)cn2)CCN(Cc2ccccc2)CC1.O=C(O)C(F)(F)F. The average Bonchev–Trinajstić information content (AvgIpc) is 2.80. The molecule has 1 amide bonds. The lowest BCUT2D eigenvalue weighted by Crippen LogP contribution is -2.56. The van der Waals surface area contributed by atoms with Crippen LogP contribution in [0.25, 0.3) is 0 Å². The maximum absolute atomic E-state index is 12.2. The molecule has 2 aromatic rings. The molecule has 184 valence electrons. The van der Waals surface area contributed by atoms with Crippen molar-refractivity contribution in [2.24, 2.45) is 5.73 Å². The number of nitrogens with two attached hydrogens (primary N) is 1. The molecule has 0 radical (unpaired) electrons. The molecule has 1 aromatic carbocycles. The van der Waals surface area contributed by atoms with Gasteiger partial charge in [-0.3, -0.25) is 14.7 Å². The van der Waals surface area contributed by atoms with Gasteiger partial charge >= 0.3 is 18.1 Å². The molecule has 0 aliphatic carbocycles. The molecular formula is C22H25F3N4O5. The number of hydrogen-bond donors (Lipinski definition) is 4. The van der Waals surface area contributed by atoms with Crippen molar-refractivity contribution in [1.29, 1.82) is 0 Å². The molecule has 0 bridgehead atoms. The number of rotatable bonds is 6. The number of alkyl halides is 3. The zero-order chi connectivity index (χ0) is 25.4. The summed E-state index contributed by atoms with van der Waals surface area (Å²) in [6.45, 7) is 3.04. The first-order chi connectivity index (χ1) is 15.9. The normalized spacial score (nSPS) is 15.5. The van der Waals surface area contributed by atoms with E-state index in [1.165, 1.54) is 23.9 Å². The van der Waals surface area contributed by atoms with Crippen molar-refractivity contribution < 1.29 is 37.8 Å². The fraction of sp³-hybridized carbons (Fsp3) is 0.364. The van der Waals surface area contributed by atoms with Gasteiger partial charge in [-0.15, -0.1) is 0 Å². The number of benzene rings is 1. The topological polar surface area (TPSA) is 146 Å². The molecule has 3 rings (SSSR count). The monoisotopic (exact) mass is 482 g/mol. The number of carboxylic acids is 2. The molecule has 12 heteroatoms. The number of aromatic nitrogens is 1. The van der Waals surface area contributed by atoms with Crippen molar-refractivity contribution in [1.82, 2.24) is 15.2 Å². The van der Waals surface area contributed by atoms with Crippen molar-refractivity contribution >= 4 is 17.8 Å². The van der Waals surface area contributed by atoms with Crippen LogP contribution in [0.1, 0.15) is 39.3 Å². The number of carboxylic acid groups (broad SMARTS) is 2. The first-order valence-corrected chi connectivity index (χ1v) is 10.2. The number of nitrogens with one attached hydrogen (secondary N) is 1. The summed E-state index contributed by atoms with van der Waals surface area (Å²) in [6, 6.07) is 13.1. The number of carbonyl (C=O) groups is 3. The van der Waals surface area contributed by atoms with Crippen molar-refractivity contribution in [3.05, 3.63) is 65.5 Å². The Kier molecular flexibility index (Phi) is 9.10. The van der Waals surface area contributed by atoms with Crippen LogP contribution in [0, 0.1) is 0 Å². The molecule has 1 aromatic heterocycles. The minimum Gasteiger partial charge on any atom is -0.478 e. The summed E-state index contributed by atoms with van der Waals surface area (Å²) in [6.07, 6.45) is -2.31. The Balaban J connectivity index is 0.000000509. The van der Waals surface area contributed by atoms with E-state index in [2.05, 4.69) is 27.3 Å². The second-order valence-electron chi connectivity index (χ2n) is 7.85. The number of hydrogen-bond acceptors (Lipinski definition) is 6. The van der Waals surface area contributed by atoms with Gasteiger partial charge in [0.25, 0.3) is 5.91 Å². The van der Waals surface area contributed by atoms with Crippen molar-refractivity contribution in [3.63, 3.8) is 0 Å². The minimum atomic E-state index is -5.08.